The van der Waals surface area contributed by atoms with Crippen LogP contribution < -0.4 is 10.6 Å². The molecule has 1 atom stereocenters. The van der Waals surface area contributed by atoms with Crippen molar-refractivity contribution in [3.05, 3.63) is 77.9 Å². The third-order valence-corrected chi connectivity index (χ3v) is 5.79. The van der Waals surface area contributed by atoms with Crippen molar-refractivity contribution in [2.24, 2.45) is 0 Å². The first-order valence-electron chi connectivity index (χ1n) is 11.1. The summed E-state index contributed by atoms with van der Waals surface area (Å²) >= 11 is 0. The van der Waals surface area contributed by atoms with Gasteiger partial charge in [0.25, 0.3) is 5.91 Å². The lowest BCUT2D eigenvalue weighted by molar-refractivity contribution is -0.140. The Morgan fingerprint density at radius 2 is 1.74 bits per heavy atom. The topological polar surface area (TPSA) is 132 Å². The largest absolute Gasteiger partial charge is 0.480 e. The van der Waals surface area contributed by atoms with Crippen LogP contribution in [-0.4, -0.2) is 65.5 Å². The van der Waals surface area contributed by atoms with Crippen LogP contribution in [-0.2, 0) is 20.8 Å². The number of amides is 2. The van der Waals surface area contributed by atoms with E-state index in [2.05, 4.69) is 39.9 Å². The molecule has 2 amide bonds. The number of methoxy groups -OCH3 is 1. The Labute approximate surface area is 201 Å². The summed E-state index contributed by atoms with van der Waals surface area (Å²) < 4.78 is 11.9. The van der Waals surface area contributed by atoms with E-state index in [0.717, 1.165) is 22.3 Å². The Morgan fingerprint density at radius 1 is 1.09 bits per heavy atom. The fraction of sp³-hybridized carbons (Fsp3) is 0.280. The zero-order valence-corrected chi connectivity index (χ0v) is 19.1. The number of nitrogens with zero attached hydrogens (tertiary/aromatic N) is 2. The van der Waals surface area contributed by atoms with E-state index in [1.165, 1.54) is 19.6 Å². The summed E-state index contributed by atoms with van der Waals surface area (Å²) in [6, 6.07) is 15.1. The van der Waals surface area contributed by atoms with E-state index in [9.17, 15) is 14.4 Å². The molecule has 1 heterocycles. The molecular formula is C25H26N4O6. The number of carbonyl (C=O) groups is 3. The molecule has 0 aliphatic heterocycles. The first-order valence-corrected chi connectivity index (χ1v) is 11.1. The molecule has 10 heteroatoms. The number of alkyl carbamates (subject to hydrolysis) is 1. The van der Waals surface area contributed by atoms with Crippen LogP contribution in [0.4, 0.5) is 4.79 Å². The highest BCUT2D eigenvalue weighted by Crippen LogP contribution is 2.44. The van der Waals surface area contributed by atoms with Gasteiger partial charge in [-0.25, -0.2) is 14.6 Å². The maximum absolute atomic E-state index is 12.3. The number of nitrogens with one attached hydrogen (secondary N) is 2. The zero-order chi connectivity index (χ0) is 24.8. The number of aromatic nitrogens is 2. The van der Waals surface area contributed by atoms with E-state index in [0.29, 0.717) is 6.54 Å². The lowest BCUT2D eigenvalue weighted by Crippen LogP contribution is -2.43. The van der Waals surface area contributed by atoms with E-state index in [4.69, 9.17) is 14.6 Å². The molecule has 182 valence electrons. The SMILES string of the molecule is COCC(NC(=O)c1cn(CCNC(=O)OCC2c3ccccc3-c3ccccc32)cn1)C(=O)O. The number of fused-ring (bicyclic) bond motifs is 3. The van der Waals surface area contributed by atoms with Crippen molar-refractivity contribution in [1.29, 1.82) is 0 Å². The van der Waals surface area contributed by atoms with Crippen LogP contribution in [0.15, 0.2) is 61.1 Å². The highest BCUT2D eigenvalue weighted by atomic mass is 16.5. The van der Waals surface area contributed by atoms with E-state index in [1.54, 1.807) is 4.57 Å². The van der Waals surface area contributed by atoms with E-state index < -0.39 is 24.0 Å². The van der Waals surface area contributed by atoms with Gasteiger partial charge in [0, 0.05) is 32.3 Å². The number of ether oxygens (including phenoxy) is 2. The van der Waals surface area contributed by atoms with Gasteiger partial charge in [-0.1, -0.05) is 48.5 Å². The predicted molar refractivity (Wildman–Crippen MR) is 126 cm³/mol. The van der Waals surface area contributed by atoms with E-state index in [-0.39, 0.29) is 31.4 Å². The molecule has 0 saturated carbocycles. The van der Waals surface area contributed by atoms with Gasteiger partial charge in [0.05, 0.1) is 12.9 Å². The van der Waals surface area contributed by atoms with E-state index in [1.807, 2.05) is 24.3 Å². The molecule has 35 heavy (non-hydrogen) atoms. The highest BCUT2D eigenvalue weighted by Gasteiger charge is 2.29. The van der Waals surface area contributed by atoms with Gasteiger partial charge in [0.1, 0.15) is 12.3 Å². The quantitative estimate of drug-likeness (QED) is 0.407. The lowest BCUT2D eigenvalue weighted by atomic mass is 9.98. The van der Waals surface area contributed by atoms with Gasteiger partial charge in [0.15, 0.2) is 6.04 Å². The Kier molecular flexibility index (Phi) is 7.41. The summed E-state index contributed by atoms with van der Waals surface area (Å²) in [5.41, 5.74) is 4.67. The van der Waals surface area contributed by atoms with Crippen molar-refractivity contribution in [3.8, 4) is 11.1 Å². The number of carboxylic acid groups (broad SMARTS) is 1. The van der Waals surface area contributed by atoms with Gasteiger partial charge in [-0.05, 0) is 22.3 Å². The number of imidazole rings is 1. The molecule has 3 aromatic rings. The van der Waals surface area contributed by atoms with Gasteiger partial charge in [-0.15, -0.1) is 0 Å². The van der Waals surface area contributed by atoms with Crippen LogP contribution in [0.2, 0.25) is 0 Å². The average Bonchev–Trinajstić information content (AvgIpc) is 3.45. The molecule has 1 aromatic heterocycles. The molecule has 1 unspecified atom stereocenters. The molecule has 1 aliphatic rings. The van der Waals surface area contributed by atoms with Crippen molar-refractivity contribution >= 4 is 18.0 Å². The van der Waals surface area contributed by atoms with Crippen molar-refractivity contribution in [2.75, 3.05) is 26.9 Å². The van der Waals surface area contributed by atoms with E-state index >= 15 is 0 Å². The monoisotopic (exact) mass is 478 g/mol. The van der Waals surface area contributed by atoms with Crippen molar-refractivity contribution < 1.29 is 29.0 Å². The first-order chi connectivity index (χ1) is 17.0. The molecule has 1 aliphatic carbocycles. The van der Waals surface area contributed by atoms with Crippen molar-refractivity contribution in [2.45, 2.75) is 18.5 Å². The molecule has 2 aromatic carbocycles. The number of carboxylic acids is 1. The number of benzene rings is 2. The maximum atomic E-state index is 12.3. The normalized spacial score (nSPS) is 12.9. The number of hydrogen-bond donors (Lipinski definition) is 3. The van der Waals surface area contributed by atoms with Gasteiger partial charge < -0.3 is 29.8 Å². The number of carbonyl (C=O) groups excluding carboxylic acids is 2. The molecule has 0 radical (unpaired) electrons. The predicted octanol–water partition coefficient (Wildman–Crippen LogP) is 2.25. The van der Waals surface area contributed by atoms with Crippen molar-refractivity contribution in [1.82, 2.24) is 20.2 Å². The molecule has 3 N–H and O–H groups in total. The van der Waals surface area contributed by atoms with Crippen LogP contribution >= 0.6 is 0 Å². The second kappa shape index (κ2) is 10.8. The minimum absolute atomic E-state index is 0.0180. The highest BCUT2D eigenvalue weighted by molar-refractivity contribution is 5.94. The molecule has 4 rings (SSSR count). The molecule has 10 nitrogen and oxygen atoms in total. The Bertz CT molecular complexity index is 1180. The summed E-state index contributed by atoms with van der Waals surface area (Å²) in [5.74, 6) is -1.85. The summed E-state index contributed by atoms with van der Waals surface area (Å²) in [6.45, 7) is 0.674. The Balaban J connectivity index is 1.25. The average molecular weight is 479 g/mol. The van der Waals surface area contributed by atoms with Crippen LogP contribution in [0.1, 0.15) is 27.5 Å². The second-order valence-electron chi connectivity index (χ2n) is 8.07. The minimum Gasteiger partial charge on any atom is -0.480 e. The van der Waals surface area contributed by atoms with Gasteiger partial charge in [-0.2, -0.15) is 0 Å². The maximum Gasteiger partial charge on any atom is 0.407 e. The molecule has 0 saturated heterocycles. The third-order valence-electron chi connectivity index (χ3n) is 5.79. The summed E-state index contributed by atoms with van der Waals surface area (Å²) in [4.78, 5) is 39.6. The fourth-order valence-corrected chi connectivity index (χ4v) is 4.11. The number of aliphatic carboxylic acids is 1. The second-order valence-corrected chi connectivity index (χ2v) is 8.07. The lowest BCUT2D eigenvalue weighted by Gasteiger charge is -2.14. The minimum atomic E-state index is -1.20. The Hall–Kier alpha value is -4.18. The van der Waals surface area contributed by atoms with Crippen molar-refractivity contribution in [3.63, 3.8) is 0 Å². The van der Waals surface area contributed by atoms with Gasteiger partial charge in [-0.3, -0.25) is 4.79 Å². The standard InChI is InChI=1S/C25H26N4O6/c1-34-14-22(24(31)32)28-23(30)21-12-29(15-27-21)11-10-26-25(33)35-13-20-18-8-4-2-6-16(18)17-7-3-5-9-19(17)20/h2-9,12,15,20,22H,10-11,13-14H2,1H3,(H,26,33)(H,28,30)(H,31,32). The van der Waals surface area contributed by atoms with Gasteiger partial charge in [0.2, 0.25) is 0 Å². The van der Waals surface area contributed by atoms with Crippen LogP contribution in [0.25, 0.3) is 11.1 Å². The summed E-state index contributed by atoms with van der Waals surface area (Å²) in [7, 11) is 1.35. The number of hydrogen-bond acceptors (Lipinski definition) is 6. The number of rotatable bonds is 10. The van der Waals surface area contributed by atoms with Gasteiger partial charge >= 0.3 is 12.1 Å². The van der Waals surface area contributed by atoms with Crippen LogP contribution in [0.3, 0.4) is 0 Å². The molecule has 0 fully saturated rings. The molecule has 0 bridgehead atoms. The first kappa shape index (κ1) is 24.0. The third kappa shape index (κ3) is 5.49. The van der Waals surface area contributed by atoms with Crippen LogP contribution in [0.5, 0.6) is 0 Å². The zero-order valence-electron chi connectivity index (χ0n) is 19.1. The molecular weight excluding hydrogens is 452 g/mol. The Morgan fingerprint density at radius 3 is 2.37 bits per heavy atom. The summed E-state index contributed by atoms with van der Waals surface area (Å²) in [5, 5.41) is 14.2. The fourth-order valence-electron chi connectivity index (χ4n) is 4.11. The smallest absolute Gasteiger partial charge is 0.407 e. The van der Waals surface area contributed by atoms with Crippen LogP contribution in [0, 0.1) is 0 Å². The summed E-state index contributed by atoms with van der Waals surface area (Å²) in [6.07, 6.45) is 2.37. The molecule has 0 spiro atoms.